The summed E-state index contributed by atoms with van der Waals surface area (Å²) in [6, 6.07) is 0. The van der Waals surface area contributed by atoms with E-state index in [2.05, 4.69) is 31.8 Å². The normalized spacial score (nSPS) is 9.28. The highest BCUT2D eigenvalue weighted by molar-refractivity contribution is 5.75. The molecular formula is C17H40N4O4. The van der Waals surface area contributed by atoms with Crippen molar-refractivity contribution in [1.82, 2.24) is 5.32 Å². The first-order valence-corrected chi connectivity index (χ1v) is 9.04. The lowest BCUT2D eigenvalue weighted by Gasteiger charge is -2.07. The summed E-state index contributed by atoms with van der Waals surface area (Å²) < 4.78 is 15.9. The molecule has 0 aliphatic heterocycles. The molecular weight excluding hydrogens is 324 g/mol. The zero-order valence-corrected chi connectivity index (χ0v) is 16.4. The number of carbonyl (C=O) groups is 1. The molecule has 0 saturated heterocycles. The first kappa shape index (κ1) is 28.6. The van der Waals surface area contributed by atoms with Crippen molar-refractivity contribution in [2.24, 2.45) is 11.5 Å². The summed E-state index contributed by atoms with van der Waals surface area (Å²) in [5.74, 6) is 0.0263. The lowest BCUT2D eigenvalue weighted by molar-refractivity contribution is -0.121. The molecule has 0 unspecified atom stereocenters. The van der Waals surface area contributed by atoms with Crippen molar-refractivity contribution in [3.05, 3.63) is 0 Å². The minimum atomic E-state index is 0.0263. The molecule has 1 amide bonds. The maximum atomic E-state index is 11.2. The Kier molecular flexibility index (Phi) is 35.0. The fraction of sp³-hybridized carbons (Fsp3) is 0.882. The number of ether oxygens (including phenoxy) is 3. The topological polar surface area (TPSA) is 133 Å². The number of nitrogens with one attached hydrogen (secondary N) is 2. The van der Waals surface area contributed by atoms with Crippen LogP contribution in [0.25, 0.3) is 0 Å². The van der Waals surface area contributed by atoms with E-state index in [1.54, 1.807) is 0 Å². The van der Waals surface area contributed by atoms with Gasteiger partial charge in [0.25, 0.3) is 0 Å². The van der Waals surface area contributed by atoms with Crippen LogP contribution in [0.2, 0.25) is 0 Å². The molecule has 0 bridgehead atoms. The Bertz CT molecular complexity index is 257. The zero-order valence-electron chi connectivity index (χ0n) is 16.4. The summed E-state index contributed by atoms with van der Waals surface area (Å²) in [7, 11) is 0. The molecule has 0 atom stereocenters. The second-order valence-electron chi connectivity index (χ2n) is 4.95. The third-order valence-electron chi connectivity index (χ3n) is 2.27. The molecule has 8 heteroatoms. The monoisotopic (exact) mass is 364 g/mol. The van der Waals surface area contributed by atoms with E-state index in [-0.39, 0.29) is 5.91 Å². The predicted molar refractivity (Wildman–Crippen MR) is 103 cm³/mol. The van der Waals surface area contributed by atoms with Gasteiger partial charge in [-0.2, -0.15) is 0 Å². The Balaban J connectivity index is -0.000000700. The van der Waals surface area contributed by atoms with Gasteiger partial charge in [-0.15, -0.1) is 0 Å². The van der Waals surface area contributed by atoms with Crippen molar-refractivity contribution in [1.29, 1.82) is 5.41 Å². The molecule has 0 aromatic heterocycles. The minimum Gasteiger partial charge on any atom is -0.390 e. The fourth-order valence-corrected chi connectivity index (χ4v) is 1.30. The van der Waals surface area contributed by atoms with Crippen molar-refractivity contribution in [3.63, 3.8) is 0 Å². The summed E-state index contributed by atoms with van der Waals surface area (Å²) in [6.07, 6.45) is 4.23. The van der Waals surface area contributed by atoms with Gasteiger partial charge in [-0.25, -0.2) is 0 Å². The molecule has 0 radical (unpaired) electrons. The minimum absolute atomic E-state index is 0.0263. The summed E-state index contributed by atoms with van der Waals surface area (Å²) in [5.41, 5.74) is 9.70. The van der Waals surface area contributed by atoms with Crippen LogP contribution >= 0.6 is 0 Å². The van der Waals surface area contributed by atoms with Crippen molar-refractivity contribution < 1.29 is 19.0 Å². The Morgan fingerprint density at radius 3 is 1.88 bits per heavy atom. The summed E-state index contributed by atoms with van der Waals surface area (Å²) in [6.45, 7) is 11.0. The van der Waals surface area contributed by atoms with Crippen LogP contribution in [0, 0.1) is 5.41 Å². The highest BCUT2D eigenvalue weighted by Crippen LogP contribution is 1.85. The van der Waals surface area contributed by atoms with Crippen LogP contribution in [0.4, 0.5) is 0 Å². The van der Waals surface area contributed by atoms with Crippen LogP contribution in [0.15, 0.2) is 0 Å². The van der Waals surface area contributed by atoms with Crippen LogP contribution in [-0.2, 0) is 19.0 Å². The highest BCUT2D eigenvalue weighted by Gasteiger charge is 1.98. The van der Waals surface area contributed by atoms with E-state index < -0.39 is 0 Å². The average molecular weight is 365 g/mol. The van der Waals surface area contributed by atoms with Crippen LogP contribution in [-0.4, -0.2) is 65.0 Å². The molecule has 6 N–H and O–H groups in total. The van der Waals surface area contributed by atoms with Gasteiger partial charge in [-0.05, 0) is 19.4 Å². The molecule has 25 heavy (non-hydrogen) atoms. The van der Waals surface area contributed by atoms with Crippen molar-refractivity contribution >= 4 is 12.2 Å². The van der Waals surface area contributed by atoms with E-state index in [4.69, 9.17) is 25.4 Å². The summed E-state index contributed by atoms with van der Waals surface area (Å²) >= 11 is 0. The van der Waals surface area contributed by atoms with E-state index in [9.17, 15) is 4.79 Å². The Labute approximate surface area is 153 Å². The largest absolute Gasteiger partial charge is 0.390 e. The number of rotatable bonds is 14. The standard InChI is InChI=1S/C13H28N2O4.C3H8.CH4N2/c1-2-7-17-9-11-19-12-10-18-8-6-15-13(16)4-3-5-14;1-3-2;2-1-3/h2-12,14H2,1H3,(H,15,16);3H2,1-2H3;1H,(H3,2,3). The highest BCUT2D eigenvalue weighted by atomic mass is 16.5. The predicted octanol–water partition coefficient (Wildman–Crippen LogP) is 1.27. The first-order chi connectivity index (χ1) is 12.1. The van der Waals surface area contributed by atoms with Gasteiger partial charge in [-0.3, -0.25) is 10.2 Å². The second-order valence-corrected chi connectivity index (χ2v) is 4.95. The van der Waals surface area contributed by atoms with Crippen molar-refractivity contribution in [2.45, 2.75) is 46.5 Å². The van der Waals surface area contributed by atoms with Crippen molar-refractivity contribution in [2.75, 3.05) is 52.7 Å². The number of hydrogen-bond acceptors (Lipinski definition) is 6. The number of hydrogen-bond donors (Lipinski definition) is 4. The van der Waals surface area contributed by atoms with Gasteiger partial charge in [0, 0.05) is 19.6 Å². The van der Waals surface area contributed by atoms with Crippen LogP contribution in [0.5, 0.6) is 0 Å². The molecule has 0 saturated carbocycles. The third-order valence-corrected chi connectivity index (χ3v) is 2.27. The van der Waals surface area contributed by atoms with Crippen molar-refractivity contribution in [3.8, 4) is 0 Å². The van der Waals surface area contributed by atoms with Crippen LogP contribution in [0.1, 0.15) is 46.5 Å². The van der Waals surface area contributed by atoms with E-state index in [0.717, 1.165) is 25.8 Å². The second kappa shape index (κ2) is 30.6. The average Bonchev–Trinajstić information content (AvgIpc) is 2.59. The molecule has 0 aromatic rings. The van der Waals surface area contributed by atoms with E-state index >= 15 is 0 Å². The number of carbonyl (C=O) groups excluding carboxylic acids is 1. The van der Waals surface area contributed by atoms with E-state index in [1.807, 2.05) is 0 Å². The Hall–Kier alpha value is -1.22. The van der Waals surface area contributed by atoms with E-state index in [0.29, 0.717) is 52.5 Å². The maximum Gasteiger partial charge on any atom is 0.220 e. The Morgan fingerprint density at radius 2 is 1.44 bits per heavy atom. The molecule has 0 rings (SSSR count). The molecule has 0 fully saturated rings. The number of amides is 1. The van der Waals surface area contributed by atoms with Gasteiger partial charge in [0.1, 0.15) is 0 Å². The summed E-state index contributed by atoms with van der Waals surface area (Å²) in [5, 5.41) is 8.62. The molecule has 0 aliphatic rings. The fourth-order valence-electron chi connectivity index (χ4n) is 1.30. The maximum absolute atomic E-state index is 11.2. The van der Waals surface area contributed by atoms with Gasteiger partial charge >= 0.3 is 0 Å². The molecule has 0 spiro atoms. The zero-order chi connectivity index (χ0) is 19.6. The molecule has 152 valence electrons. The number of nitrogens with two attached hydrogens (primary N) is 2. The van der Waals surface area contributed by atoms with Gasteiger partial charge < -0.3 is 31.0 Å². The Morgan fingerprint density at radius 1 is 1.00 bits per heavy atom. The SMILES string of the molecule is CCC.CCCOCCOCCOCCNC(=O)CCCN.N=CN. The smallest absolute Gasteiger partial charge is 0.220 e. The summed E-state index contributed by atoms with van der Waals surface area (Å²) in [4.78, 5) is 11.2. The lowest BCUT2D eigenvalue weighted by Crippen LogP contribution is -2.27. The molecule has 8 nitrogen and oxygen atoms in total. The lowest BCUT2D eigenvalue weighted by atomic mass is 10.3. The van der Waals surface area contributed by atoms with Gasteiger partial charge in [-0.1, -0.05) is 27.2 Å². The van der Waals surface area contributed by atoms with Gasteiger partial charge in [0.15, 0.2) is 0 Å². The quantitative estimate of drug-likeness (QED) is 0.208. The third kappa shape index (κ3) is 39.5. The van der Waals surface area contributed by atoms with Crippen LogP contribution in [0.3, 0.4) is 0 Å². The first-order valence-electron chi connectivity index (χ1n) is 9.04. The molecule has 0 heterocycles. The molecule has 0 aromatic carbocycles. The van der Waals surface area contributed by atoms with Gasteiger partial charge in [0.2, 0.25) is 5.91 Å². The van der Waals surface area contributed by atoms with Crippen LogP contribution < -0.4 is 16.8 Å². The molecule has 0 aliphatic carbocycles. The van der Waals surface area contributed by atoms with Gasteiger partial charge in [0.05, 0.1) is 39.4 Å². The van der Waals surface area contributed by atoms with E-state index in [1.165, 1.54) is 6.42 Å².